The third-order valence-electron chi connectivity index (χ3n) is 8.81. The normalized spacial score (nSPS) is 14.7. The molecule has 2 atom stereocenters. The van der Waals surface area contributed by atoms with Gasteiger partial charge >= 0.3 is 5.97 Å². The number of rotatable bonds is 11. The second-order valence-electron chi connectivity index (χ2n) is 11.8. The lowest BCUT2D eigenvalue weighted by Gasteiger charge is -2.25. The number of amides is 1. The van der Waals surface area contributed by atoms with E-state index >= 15 is 0 Å². The molecule has 5 aromatic rings. The van der Waals surface area contributed by atoms with Crippen molar-refractivity contribution in [1.29, 1.82) is 0 Å². The van der Waals surface area contributed by atoms with E-state index in [4.69, 9.17) is 4.74 Å². The van der Waals surface area contributed by atoms with Crippen LogP contribution in [0.4, 0.5) is 0 Å². The molecule has 0 spiro atoms. The van der Waals surface area contributed by atoms with Gasteiger partial charge in [-0.1, -0.05) is 66.7 Å². The Hall–Kier alpha value is -5.75. The molecule has 11 nitrogen and oxygen atoms in total. The highest BCUT2D eigenvalue weighted by Crippen LogP contribution is 2.33. The first-order valence-electron chi connectivity index (χ1n) is 15.6. The molecular weight excluding hydrogens is 626 g/mol. The van der Waals surface area contributed by atoms with Gasteiger partial charge in [-0.15, -0.1) is 0 Å². The second-order valence-corrected chi connectivity index (χ2v) is 11.8. The third-order valence-corrected chi connectivity index (χ3v) is 8.81. The summed E-state index contributed by atoms with van der Waals surface area (Å²) in [5.74, 6) is -1.19. The monoisotopic (exact) mass is 661 g/mol. The van der Waals surface area contributed by atoms with Gasteiger partial charge in [-0.05, 0) is 52.6 Å². The fraction of sp³-hybridized carbons (Fsp3) is 0.184. The minimum atomic E-state index is -2.24. The van der Waals surface area contributed by atoms with Gasteiger partial charge in [0, 0.05) is 54.3 Å². The molecule has 1 aliphatic heterocycles. The molecule has 0 fully saturated rings. The first kappa shape index (κ1) is 33.2. The van der Waals surface area contributed by atoms with Gasteiger partial charge in [-0.2, -0.15) is 0 Å². The predicted octanol–water partition coefficient (Wildman–Crippen LogP) is 3.93. The zero-order valence-corrected chi connectivity index (χ0v) is 26.6. The quantitative estimate of drug-likeness (QED) is 0.123. The average Bonchev–Trinajstić information content (AvgIpc) is 3.62. The number of phenolic OH excluding ortho intramolecular Hbond substituents is 1. The number of aromatic amines is 1. The zero-order valence-electron chi connectivity index (χ0n) is 26.6. The number of aliphatic hydroxyl groups is 2. The van der Waals surface area contributed by atoms with Crippen molar-refractivity contribution in [3.8, 4) is 11.5 Å². The molecule has 49 heavy (non-hydrogen) atoms. The van der Waals surface area contributed by atoms with Gasteiger partial charge in [0.25, 0.3) is 5.91 Å². The number of carbonyl (C=O) groups excluding carboxylic acids is 1. The number of nitrogens with one attached hydrogen (secondary N) is 2. The van der Waals surface area contributed by atoms with E-state index in [0.29, 0.717) is 47.5 Å². The number of aliphatic hydroxyl groups excluding tert-OH is 1. The number of hydrogen-bond acceptors (Lipinski definition) is 8. The Balaban J connectivity index is 1.11. The summed E-state index contributed by atoms with van der Waals surface area (Å²) in [6, 6.07) is 26.1. The summed E-state index contributed by atoms with van der Waals surface area (Å²) in [4.78, 5) is 41.8. The molecule has 2 unspecified atom stereocenters. The van der Waals surface area contributed by atoms with Gasteiger partial charge in [0.15, 0.2) is 0 Å². The van der Waals surface area contributed by atoms with E-state index < -0.39 is 17.7 Å². The summed E-state index contributed by atoms with van der Waals surface area (Å²) < 4.78 is 5.59. The maximum Gasteiger partial charge on any atom is 0.345 e. The van der Waals surface area contributed by atoms with Gasteiger partial charge < -0.3 is 40.4 Å². The molecule has 2 heterocycles. The molecule has 1 aromatic heterocycles. The highest BCUT2D eigenvalue weighted by molar-refractivity contribution is 5.97. The Morgan fingerprint density at radius 3 is 2.51 bits per heavy atom. The molecule has 0 aliphatic carbocycles. The lowest BCUT2D eigenvalue weighted by Crippen LogP contribution is -2.36. The number of phenols is 1. The van der Waals surface area contributed by atoms with Crippen molar-refractivity contribution in [1.82, 2.24) is 15.2 Å². The highest BCUT2D eigenvalue weighted by Gasteiger charge is 2.40. The van der Waals surface area contributed by atoms with Crippen LogP contribution in [0.3, 0.4) is 0 Å². The van der Waals surface area contributed by atoms with Gasteiger partial charge in [0.1, 0.15) is 11.5 Å². The van der Waals surface area contributed by atoms with Crippen LogP contribution in [0.1, 0.15) is 44.3 Å². The summed E-state index contributed by atoms with van der Waals surface area (Å²) >= 11 is 0. The van der Waals surface area contributed by atoms with Crippen molar-refractivity contribution in [3.05, 3.63) is 147 Å². The Morgan fingerprint density at radius 1 is 0.980 bits per heavy atom. The summed E-state index contributed by atoms with van der Waals surface area (Å²) in [6.45, 7) is 1.15. The lowest BCUT2D eigenvalue weighted by molar-refractivity contribution is -0.155. The van der Waals surface area contributed by atoms with Gasteiger partial charge in [-0.25, -0.2) is 4.79 Å². The number of methoxy groups -OCH3 is 1. The number of carboxylic acids is 1. The Bertz CT molecular complexity index is 2130. The van der Waals surface area contributed by atoms with Gasteiger partial charge in [-0.3, -0.25) is 9.59 Å². The second kappa shape index (κ2) is 13.8. The maximum absolute atomic E-state index is 13.5. The number of nitrogens with zero attached hydrogens (tertiary/aromatic N) is 1. The number of aromatic nitrogens is 1. The molecule has 11 heteroatoms. The van der Waals surface area contributed by atoms with Gasteiger partial charge in [0.2, 0.25) is 11.2 Å². The van der Waals surface area contributed by atoms with Crippen LogP contribution in [0.25, 0.3) is 16.5 Å². The van der Waals surface area contributed by atoms with E-state index in [0.717, 1.165) is 11.1 Å². The molecule has 6 N–H and O–H groups in total. The molecule has 1 aliphatic rings. The van der Waals surface area contributed by atoms with Crippen LogP contribution in [0, 0.1) is 0 Å². The lowest BCUT2D eigenvalue weighted by atomic mass is 9.85. The van der Waals surface area contributed by atoms with Gasteiger partial charge in [0.05, 0.1) is 18.7 Å². The van der Waals surface area contributed by atoms with Crippen LogP contribution in [0.5, 0.6) is 11.5 Å². The van der Waals surface area contributed by atoms with Crippen molar-refractivity contribution >= 4 is 28.4 Å². The molecule has 0 radical (unpaired) electrons. The minimum absolute atomic E-state index is 0.0848. The number of fused-ring (bicyclic) bond motifs is 1. The summed E-state index contributed by atoms with van der Waals surface area (Å²) in [5, 5.41) is 46.1. The van der Waals surface area contributed by atoms with Crippen molar-refractivity contribution < 1.29 is 34.8 Å². The fourth-order valence-corrected chi connectivity index (χ4v) is 6.17. The number of carboxylic acid groups (broad SMARTS) is 1. The fourth-order valence-electron chi connectivity index (χ4n) is 6.17. The highest BCUT2D eigenvalue weighted by atomic mass is 16.5. The SMILES string of the molecule is COc1cc(C(=O)N2CC=C(c3cccc(C(O)(C(=O)O)c4ccccc4)c3)C2)ccc1CNCC(O)c1ccc(O)c2[nH]c(=O)ccc12. The number of carbonyl (C=O) groups is 2. The number of hydrogen-bond donors (Lipinski definition) is 6. The number of ether oxygens (including phenoxy) is 1. The van der Waals surface area contributed by atoms with Crippen LogP contribution in [-0.2, 0) is 16.9 Å². The Kier molecular flexibility index (Phi) is 9.32. The first-order valence-corrected chi connectivity index (χ1v) is 15.6. The average molecular weight is 662 g/mol. The van der Waals surface area contributed by atoms with Crippen molar-refractivity contribution in [3.63, 3.8) is 0 Å². The Morgan fingerprint density at radius 2 is 1.76 bits per heavy atom. The molecule has 0 saturated heterocycles. The van der Waals surface area contributed by atoms with Crippen LogP contribution in [0.15, 0.2) is 108 Å². The molecule has 250 valence electrons. The minimum Gasteiger partial charge on any atom is -0.506 e. The predicted molar refractivity (Wildman–Crippen MR) is 183 cm³/mol. The van der Waals surface area contributed by atoms with E-state index in [9.17, 15) is 34.8 Å². The number of benzene rings is 4. The topological polar surface area (TPSA) is 172 Å². The number of aliphatic carboxylic acids is 1. The van der Waals surface area contributed by atoms with Crippen molar-refractivity contribution in [2.45, 2.75) is 18.2 Å². The third kappa shape index (κ3) is 6.55. The number of H-pyrrole nitrogens is 1. The van der Waals surface area contributed by atoms with Crippen molar-refractivity contribution in [2.75, 3.05) is 26.7 Å². The summed E-state index contributed by atoms with van der Waals surface area (Å²) in [6.07, 6.45) is 0.976. The largest absolute Gasteiger partial charge is 0.506 e. The maximum atomic E-state index is 13.5. The van der Waals surface area contributed by atoms with Crippen LogP contribution < -0.4 is 15.6 Å². The zero-order chi connectivity index (χ0) is 34.7. The van der Waals surface area contributed by atoms with Crippen LogP contribution >= 0.6 is 0 Å². The molecule has 1 amide bonds. The molecule has 4 aromatic carbocycles. The molecule has 0 saturated carbocycles. The van der Waals surface area contributed by atoms with Crippen molar-refractivity contribution in [2.24, 2.45) is 0 Å². The molecule has 0 bridgehead atoms. The number of pyridine rings is 1. The van der Waals surface area contributed by atoms with E-state index in [2.05, 4.69) is 10.3 Å². The standard InChI is InChI=1S/C38H35N3O8/c1-49-33-19-24(10-11-25(33)20-39-21-32(43)29-12-14-31(42)35-30(29)13-15-34(44)40-35)36(45)41-17-16-26(22-41)23-6-5-9-28(18-23)38(48,37(46)47)27-7-3-2-4-8-27/h2-16,18-19,32,39,42-43,48H,17,20-22H2,1H3,(H,40,44)(H,46,47). The van der Waals surface area contributed by atoms with E-state index in [-0.39, 0.29) is 40.4 Å². The van der Waals surface area contributed by atoms with E-state index in [1.54, 1.807) is 83.8 Å². The van der Waals surface area contributed by atoms with Crippen LogP contribution in [0.2, 0.25) is 0 Å². The van der Waals surface area contributed by atoms with Crippen LogP contribution in [-0.4, -0.2) is 68.9 Å². The van der Waals surface area contributed by atoms with E-state index in [1.165, 1.54) is 19.2 Å². The summed E-state index contributed by atoms with van der Waals surface area (Å²) in [5.41, 5.74) is 1.39. The summed E-state index contributed by atoms with van der Waals surface area (Å²) in [7, 11) is 1.52. The number of aromatic hydroxyl groups is 1. The molecule has 6 rings (SSSR count). The smallest absolute Gasteiger partial charge is 0.345 e. The van der Waals surface area contributed by atoms with E-state index in [1.807, 2.05) is 12.1 Å². The first-order chi connectivity index (χ1) is 23.6. The molecular formula is C38H35N3O8. The Labute approximate surface area is 281 Å².